The van der Waals surface area contributed by atoms with Crippen LogP contribution in [0.1, 0.15) is 60.5 Å². The minimum Gasteiger partial charge on any atom is -0.447 e. The summed E-state index contributed by atoms with van der Waals surface area (Å²) in [5.74, 6) is 0.0645. The smallest absolute Gasteiger partial charge is 0.407 e. The standard InChI is InChI=1S/C21H29N5O3.C4H9NO2/c1-14-6-7-17-12-16(8-9-19(17)26(14)15(2)27)18-13-25(24-23-18)11-10-22-20(28)29-21(3,4)5;1-3(2)7-4(5)6/h8-9,12-14H,6-7,10-11H2,1-5H3,(H,22,28);3H,1-2H3,(H2,5,6)/t14-;/m0./s1. The van der Waals surface area contributed by atoms with Crippen molar-refractivity contribution in [2.45, 2.75) is 85.6 Å². The molecule has 0 saturated carbocycles. The van der Waals surface area contributed by atoms with E-state index >= 15 is 0 Å². The van der Waals surface area contributed by atoms with Gasteiger partial charge in [0, 0.05) is 30.8 Å². The van der Waals surface area contributed by atoms with E-state index < -0.39 is 17.8 Å². The van der Waals surface area contributed by atoms with E-state index in [-0.39, 0.29) is 18.1 Å². The fraction of sp³-hybridized carbons (Fsp3) is 0.560. The van der Waals surface area contributed by atoms with Gasteiger partial charge in [-0.05, 0) is 72.1 Å². The van der Waals surface area contributed by atoms with E-state index in [1.165, 1.54) is 0 Å². The average molecular weight is 503 g/mol. The summed E-state index contributed by atoms with van der Waals surface area (Å²) in [6.45, 7) is 13.5. The van der Waals surface area contributed by atoms with Crippen LogP contribution in [0, 0.1) is 0 Å². The van der Waals surface area contributed by atoms with Crippen molar-refractivity contribution < 1.29 is 23.9 Å². The number of hydrogen-bond acceptors (Lipinski definition) is 7. The van der Waals surface area contributed by atoms with E-state index in [1.807, 2.05) is 44.0 Å². The van der Waals surface area contributed by atoms with Crippen molar-refractivity contribution >= 4 is 23.8 Å². The minimum absolute atomic E-state index is 0.0645. The molecule has 0 bridgehead atoms. The number of rotatable bonds is 5. The molecule has 11 heteroatoms. The summed E-state index contributed by atoms with van der Waals surface area (Å²) in [7, 11) is 0. The Balaban J connectivity index is 0.000000572. The number of nitrogens with one attached hydrogen (secondary N) is 1. The molecule has 2 heterocycles. The zero-order chi connectivity index (χ0) is 27.0. The number of hydrogen-bond donors (Lipinski definition) is 2. The van der Waals surface area contributed by atoms with Gasteiger partial charge in [0.2, 0.25) is 5.91 Å². The first-order valence-corrected chi connectivity index (χ1v) is 12.0. The van der Waals surface area contributed by atoms with Gasteiger partial charge in [0.25, 0.3) is 0 Å². The van der Waals surface area contributed by atoms with E-state index in [0.29, 0.717) is 13.1 Å². The Kier molecular flexibility index (Phi) is 9.83. The van der Waals surface area contributed by atoms with E-state index in [1.54, 1.807) is 25.5 Å². The monoisotopic (exact) mass is 502 g/mol. The summed E-state index contributed by atoms with van der Waals surface area (Å²) in [4.78, 5) is 35.4. The van der Waals surface area contributed by atoms with Gasteiger partial charge in [-0.15, -0.1) is 5.10 Å². The lowest BCUT2D eigenvalue weighted by atomic mass is 9.94. The van der Waals surface area contributed by atoms with Crippen molar-refractivity contribution in [2.75, 3.05) is 11.4 Å². The molecule has 0 fully saturated rings. The molecule has 2 aromatic rings. The number of ether oxygens (including phenoxy) is 2. The molecule has 3 rings (SSSR count). The van der Waals surface area contributed by atoms with Crippen LogP contribution in [0.4, 0.5) is 15.3 Å². The maximum atomic E-state index is 12.0. The Labute approximate surface area is 212 Å². The molecule has 1 aromatic heterocycles. The second-order valence-electron chi connectivity index (χ2n) is 9.90. The van der Waals surface area contributed by atoms with Crippen LogP contribution in [-0.2, 0) is 27.2 Å². The largest absolute Gasteiger partial charge is 0.447 e. The number of carbonyl (C=O) groups is 3. The van der Waals surface area contributed by atoms with Crippen molar-refractivity contribution in [3.05, 3.63) is 30.0 Å². The number of benzene rings is 1. The maximum Gasteiger partial charge on any atom is 0.407 e. The molecular weight excluding hydrogens is 464 g/mol. The highest BCUT2D eigenvalue weighted by Gasteiger charge is 2.26. The van der Waals surface area contributed by atoms with Crippen LogP contribution in [-0.4, -0.2) is 57.4 Å². The number of fused-ring (bicyclic) bond motifs is 1. The van der Waals surface area contributed by atoms with E-state index in [9.17, 15) is 14.4 Å². The van der Waals surface area contributed by atoms with Crippen LogP contribution in [0.3, 0.4) is 0 Å². The molecule has 11 nitrogen and oxygen atoms in total. The summed E-state index contributed by atoms with van der Waals surface area (Å²) in [6, 6.07) is 6.26. The molecule has 0 unspecified atom stereocenters. The molecule has 198 valence electrons. The van der Waals surface area contributed by atoms with Crippen LogP contribution in [0.25, 0.3) is 11.3 Å². The molecule has 1 aliphatic heterocycles. The molecule has 1 aliphatic rings. The molecule has 0 spiro atoms. The molecule has 1 aromatic carbocycles. The third kappa shape index (κ3) is 8.86. The molecule has 3 amide bonds. The lowest BCUT2D eigenvalue weighted by molar-refractivity contribution is -0.117. The molecule has 0 saturated heterocycles. The summed E-state index contributed by atoms with van der Waals surface area (Å²) < 4.78 is 11.3. The highest BCUT2D eigenvalue weighted by Crippen LogP contribution is 2.33. The molecule has 0 aliphatic carbocycles. The molecule has 3 N–H and O–H groups in total. The summed E-state index contributed by atoms with van der Waals surface area (Å²) in [6.07, 6.45) is 2.47. The number of nitrogens with two attached hydrogens (primary N) is 1. The zero-order valence-corrected chi connectivity index (χ0v) is 22.2. The number of aryl methyl sites for hydroxylation is 1. The van der Waals surface area contributed by atoms with Gasteiger partial charge in [0.05, 0.1) is 18.8 Å². The number of nitrogens with zero attached hydrogens (tertiary/aromatic N) is 4. The predicted molar refractivity (Wildman–Crippen MR) is 136 cm³/mol. The number of amides is 3. The Hall–Kier alpha value is -3.63. The van der Waals surface area contributed by atoms with Crippen molar-refractivity contribution in [3.8, 4) is 11.3 Å². The van der Waals surface area contributed by atoms with E-state index in [2.05, 4.69) is 39.1 Å². The molecule has 36 heavy (non-hydrogen) atoms. The van der Waals surface area contributed by atoms with Crippen LogP contribution in [0.2, 0.25) is 0 Å². The molecule has 0 radical (unpaired) electrons. The van der Waals surface area contributed by atoms with Gasteiger partial charge in [0.15, 0.2) is 0 Å². The third-order valence-corrected chi connectivity index (χ3v) is 5.15. The fourth-order valence-electron chi connectivity index (χ4n) is 3.75. The van der Waals surface area contributed by atoms with Gasteiger partial charge in [-0.25, -0.2) is 9.59 Å². The lowest BCUT2D eigenvalue weighted by Crippen LogP contribution is -2.40. The number of primary amides is 1. The summed E-state index contributed by atoms with van der Waals surface area (Å²) in [5, 5.41) is 11.1. The number of carbonyl (C=O) groups excluding carboxylic acids is 3. The predicted octanol–water partition coefficient (Wildman–Crippen LogP) is 3.65. The number of aromatic nitrogens is 3. The van der Waals surface area contributed by atoms with Crippen LogP contribution in [0.5, 0.6) is 0 Å². The second-order valence-corrected chi connectivity index (χ2v) is 9.90. The van der Waals surface area contributed by atoms with Crippen LogP contribution in [0.15, 0.2) is 24.4 Å². The topological polar surface area (TPSA) is 142 Å². The Morgan fingerprint density at radius 2 is 1.94 bits per heavy atom. The normalized spacial score (nSPS) is 14.9. The maximum absolute atomic E-state index is 12.0. The first-order chi connectivity index (χ1) is 16.8. The number of anilines is 1. The second kappa shape index (κ2) is 12.4. The zero-order valence-electron chi connectivity index (χ0n) is 22.2. The highest BCUT2D eigenvalue weighted by molar-refractivity contribution is 5.93. The van der Waals surface area contributed by atoms with Gasteiger partial charge in [-0.1, -0.05) is 11.3 Å². The van der Waals surface area contributed by atoms with Gasteiger partial charge in [0.1, 0.15) is 11.3 Å². The van der Waals surface area contributed by atoms with Gasteiger partial charge in [-0.3, -0.25) is 9.48 Å². The Morgan fingerprint density at radius 3 is 2.50 bits per heavy atom. The van der Waals surface area contributed by atoms with Gasteiger partial charge < -0.3 is 25.4 Å². The first-order valence-electron chi connectivity index (χ1n) is 12.0. The Morgan fingerprint density at radius 1 is 1.25 bits per heavy atom. The third-order valence-electron chi connectivity index (χ3n) is 5.15. The highest BCUT2D eigenvalue weighted by atomic mass is 16.6. The average Bonchev–Trinajstić information content (AvgIpc) is 3.20. The molecule has 1 atom stereocenters. The molecular formula is C25H38N6O5. The minimum atomic E-state index is -0.713. The number of alkyl carbamates (subject to hydrolysis) is 1. The summed E-state index contributed by atoms with van der Waals surface area (Å²) >= 11 is 0. The van der Waals surface area contributed by atoms with Crippen molar-refractivity contribution in [3.63, 3.8) is 0 Å². The first kappa shape index (κ1) is 28.6. The van der Waals surface area contributed by atoms with Crippen molar-refractivity contribution in [2.24, 2.45) is 5.73 Å². The van der Waals surface area contributed by atoms with E-state index in [0.717, 1.165) is 35.3 Å². The van der Waals surface area contributed by atoms with Crippen LogP contribution < -0.4 is 16.0 Å². The van der Waals surface area contributed by atoms with Gasteiger partial charge in [-0.2, -0.15) is 0 Å². The van der Waals surface area contributed by atoms with Crippen LogP contribution >= 0.6 is 0 Å². The van der Waals surface area contributed by atoms with Gasteiger partial charge >= 0.3 is 12.2 Å². The quantitative estimate of drug-likeness (QED) is 0.635. The Bertz CT molecular complexity index is 1060. The fourth-order valence-corrected chi connectivity index (χ4v) is 3.75. The SMILES string of the molecule is CC(=O)N1c2ccc(-c3cn(CCNC(=O)OC(C)(C)C)nn3)cc2CC[C@@H]1C.CC(C)OC(N)=O. The lowest BCUT2D eigenvalue weighted by Gasteiger charge is -2.34. The van der Waals surface area contributed by atoms with Crippen molar-refractivity contribution in [1.29, 1.82) is 0 Å². The van der Waals surface area contributed by atoms with Crippen molar-refractivity contribution in [1.82, 2.24) is 20.3 Å². The van der Waals surface area contributed by atoms with E-state index in [4.69, 9.17) is 4.74 Å². The summed E-state index contributed by atoms with van der Waals surface area (Å²) in [5.41, 5.74) is 7.97.